The maximum absolute atomic E-state index is 9.53. The van der Waals surface area contributed by atoms with Gasteiger partial charge in [-0.2, -0.15) is 0 Å². The smallest absolute Gasteiger partial charge is 0.0938 e. The minimum Gasteiger partial charge on any atom is -0.387 e. The largest absolute Gasteiger partial charge is 0.387 e. The molecular formula is C12H13NO. The minimum atomic E-state index is -0.513. The van der Waals surface area contributed by atoms with Crippen molar-refractivity contribution in [2.75, 3.05) is 0 Å². The molecule has 0 bridgehead atoms. The third-order valence-corrected chi connectivity index (χ3v) is 2.35. The molecule has 1 N–H and O–H groups in total. The molecule has 1 aromatic heterocycles. The van der Waals surface area contributed by atoms with Crippen LogP contribution in [0, 0.1) is 6.92 Å². The Morgan fingerprint density at radius 3 is 2.79 bits per heavy atom. The average Bonchev–Trinajstić information content (AvgIpc) is 2.16. The van der Waals surface area contributed by atoms with Crippen molar-refractivity contribution in [3.8, 4) is 0 Å². The minimum absolute atomic E-state index is 0.513. The summed E-state index contributed by atoms with van der Waals surface area (Å²) in [6.07, 6.45) is 1.23. The van der Waals surface area contributed by atoms with Crippen LogP contribution in [0.15, 0.2) is 30.5 Å². The molecule has 2 nitrogen and oxygen atoms in total. The molecule has 0 fully saturated rings. The van der Waals surface area contributed by atoms with Gasteiger partial charge in [0.05, 0.1) is 11.8 Å². The van der Waals surface area contributed by atoms with E-state index in [1.54, 1.807) is 13.1 Å². The molecule has 2 rings (SSSR count). The number of aromatic nitrogens is 1. The number of aliphatic hydroxyl groups excluding tert-OH is 1. The van der Waals surface area contributed by atoms with Gasteiger partial charge in [0.2, 0.25) is 0 Å². The molecule has 1 atom stereocenters. The summed E-state index contributed by atoms with van der Waals surface area (Å²) in [5.41, 5.74) is 1.97. The van der Waals surface area contributed by atoms with Crippen molar-refractivity contribution in [2.24, 2.45) is 0 Å². The van der Waals surface area contributed by atoms with Crippen molar-refractivity contribution in [1.82, 2.24) is 4.98 Å². The van der Waals surface area contributed by atoms with Crippen LogP contribution in [0.2, 0.25) is 0 Å². The molecule has 0 aliphatic heterocycles. The van der Waals surface area contributed by atoms with Crippen LogP contribution in [0.3, 0.4) is 0 Å². The Bertz CT molecular complexity index is 463. The Morgan fingerprint density at radius 1 is 1.29 bits per heavy atom. The fourth-order valence-electron chi connectivity index (χ4n) is 1.65. The van der Waals surface area contributed by atoms with Crippen molar-refractivity contribution in [3.05, 3.63) is 41.7 Å². The van der Waals surface area contributed by atoms with Crippen LogP contribution in [0.25, 0.3) is 10.8 Å². The second kappa shape index (κ2) is 3.39. The van der Waals surface area contributed by atoms with E-state index in [1.807, 2.05) is 18.2 Å². The number of nitrogens with zero attached hydrogens (tertiary/aromatic N) is 1. The van der Waals surface area contributed by atoms with Crippen LogP contribution in [0.1, 0.15) is 24.3 Å². The summed E-state index contributed by atoms with van der Waals surface area (Å²) in [5, 5.41) is 11.7. The van der Waals surface area contributed by atoms with Crippen molar-refractivity contribution in [1.29, 1.82) is 0 Å². The zero-order valence-electron chi connectivity index (χ0n) is 8.36. The fraction of sp³-hybridized carbons (Fsp3) is 0.250. The van der Waals surface area contributed by atoms with Crippen molar-refractivity contribution in [2.45, 2.75) is 20.0 Å². The molecule has 14 heavy (non-hydrogen) atoms. The molecule has 1 unspecified atom stereocenters. The maximum Gasteiger partial charge on any atom is 0.0938 e. The first kappa shape index (κ1) is 9.16. The van der Waals surface area contributed by atoms with Gasteiger partial charge in [-0.15, -0.1) is 0 Å². The number of hydrogen-bond donors (Lipinski definition) is 1. The Hall–Kier alpha value is -1.41. The van der Waals surface area contributed by atoms with Gasteiger partial charge in [0, 0.05) is 11.6 Å². The highest BCUT2D eigenvalue weighted by Crippen LogP contribution is 2.22. The lowest BCUT2D eigenvalue weighted by atomic mass is 10.1. The van der Waals surface area contributed by atoms with Crippen LogP contribution in [-0.4, -0.2) is 10.1 Å². The highest BCUT2D eigenvalue weighted by atomic mass is 16.3. The normalized spacial score (nSPS) is 13.1. The van der Waals surface area contributed by atoms with Crippen LogP contribution >= 0.6 is 0 Å². The van der Waals surface area contributed by atoms with Crippen molar-refractivity contribution >= 4 is 10.8 Å². The van der Waals surface area contributed by atoms with E-state index in [4.69, 9.17) is 0 Å². The molecule has 2 heteroatoms. The second-order valence-electron chi connectivity index (χ2n) is 3.60. The highest BCUT2D eigenvalue weighted by Gasteiger charge is 2.06. The molecule has 72 valence electrons. The summed E-state index contributed by atoms with van der Waals surface area (Å²) < 4.78 is 0. The predicted molar refractivity (Wildman–Crippen MR) is 57.1 cm³/mol. The van der Waals surface area contributed by atoms with Crippen LogP contribution < -0.4 is 0 Å². The number of pyridine rings is 1. The van der Waals surface area contributed by atoms with Gasteiger partial charge in [0.15, 0.2) is 0 Å². The Kier molecular flexibility index (Phi) is 2.22. The molecule has 0 amide bonds. The third-order valence-electron chi connectivity index (χ3n) is 2.35. The van der Waals surface area contributed by atoms with Gasteiger partial charge in [-0.3, -0.25) is 4.98 Å². The van der Waals surface area contributed by atoms with Gasteiger partial charge in [0.25, 0.3) is 0 Å². The number of hydrogen-bond acceptors (Lipinski definition) is 2. The van der Waals surface area contributed by atoms with Crippen LogP contribution in [0.5, 0.6) is 0 Å². The van der Waals surface area contributed by atoms with Gasteiger partial charge in [0.1, 0.15) is 0 Å². The summed E-state index contributed by atoms with van der Waals surface area (Å²) in [6.45, 7) is 3.80. The lowest BCUT2D eigenvalue weighted by Gasteiger charge is -2.07. The van der Waals surface area contributed by atoms with E-state index in [0.29, 0.717) is 0 Å². The van der Waals surface area contributed by atoms with Gasteiger partial charge >= 0.3 is 0 Å². The van der Waals surface area contributed by atoms with Gasteiger partial charge in [-0.25, -0.2) is 0 Å². The van der Waals surface area contributed by atoms with E-state index >= 15 is 0 Å². The lowest BCUT2D eigenvalue weighted by molar-refractivity contribution is 0.196. The Morgan fingerprint density at radius 2 is 2.07 bits per heavy atom. The first-order valence-electron chi connectivity index (χ1n) is 4.72. The van der Waals surface area contributed by atoms with E-state index < -0.39 is 6.10 Å². The maximum atomic E-state index is 9.53. The average molecular weight is 187 g/mol. The topological polar surface area (TPSA) is 33.1 Å². The zero-order valence-corrected chi connectivity index (χ0v) is 8.36. The first-order chi connectivity index (χ1) is 6.68. The number of rotatable bonds is 1. The van der Waals surface area contributed by atoms with Gasteiger partial charge in [-0.05, 0) is 25.3 Å². The monoisotopic (exact) mass is 187 g/mol. The molecule has 0 aliphatic rings. The fourth-order valence-corrected chi connectivity index (χ4v) is 1.65. The molecule has 0 aliphatic carbocycles. The number of aryl methyl sites for hydroxylation is 1. The quantitative estimate of drug-likeness (QED) is 0.744. The van der Waals surface area contributed by atoms with Crippen molar-refractivity contribution < 1.29 is 5.11 Å². The van der Waals surface area contributed by atoms with E-state index in [9.17, 15) is 5.11 Å². The van der Waals surface area contributed by atoms with Crippen molar-refractivity contribution in [3.63, 3.8) is 0 Å². The van der Waals surface area contributed by atoms with Gasteiger partial charge in [-0.1, -0.05) is 23.8 Å². The molecular weight excluding hydrogens is 174 g/mol. The third kappa shape index (κ3) is 1.49. The summed E-state index contributed by atoms with van der Waals surface area (Å²) in [6, 6.07) is 8.12. The van der Waals surface area contributed by atoms with E-state index in [-0.39, 0.29) is 0 Å². The molecule has 2 aromatic rings. The molecule has 1 heterocycles. The zero-order chi connectivity index (χ0) is 10.1. The second-order valence-corrected chi connectivity index (χ2v) is 3.60. The Labute approximate surface area is 83.2 Å². The molecule has 0 saturated heterocycles. The molecule has 0 saturated carbocycles. The first-order valence-corrected chi connectivity index (χ1v) is 4.72. The number of benzene rings is 1. The highest BCUT2D eigenvalue weighted by molar-refractivity contribution is 5.85. The number of fused-ring (bicyclic) bond motifs is 1. The van der Waals surface area contributed by atoms with E-state index in [1.165, 1.54) is 5.56 Å². The van der Waals surface area contributed by atoms with Crippen LogP contribution in [0.4, 0.5) is 0 Å². The van der Waals surface area contributed by atoms with E-state index in [0.717, 1.165) is 16.5 Å². The molecule has 0 radical (unpaired) electrons. The summed E-state index contributed by atoms with van der Waals surface area (Å²) >= 11 is 0. The summed E-state index contributed by atoms with van der Waals surface area (Å²) in [4.78, 5) is 4.19. The van der Waals surface area contributed by atoms with E-state index in [2.05, 4.69) is 18.0 Å². The van der Waals surface area contributed by atoms with Crippen LogP contribution in [-0.2, 0) is 0 Å². The molecule has 1 aromatic carbocycles. The summed E-state index contributed by atoms with van der Waals surface area (Å²) in [5.74, 6) is 0. The SMILES string of the molecule is Cc1ccc2c(C(C)O)nccc2c1. The molecule has 0 spiro atoms. The Balaban J connectivity index is 2.75. The number of aliphatic hydroxyl groups is 1. The predicted octanol–water partition coefficient (Wildman–Crippen LogP) is 2.60. The lowest BCUT2D eigenvalue weighted by Crippen LogP contribution is -1.96. The van der Waals surface area contributed by atoms with Gasteiger partial charge < -0.3 is 5.11 Å². The standard InChI is InChI=1S/C12H13NO/c1-8-3-4-11-10(7-8)5-6-13-12(11)9(2)14/h3-7,9,14H,1-2H3. The summed E-state index contributed by atoms with van der Waals surface area (Å²) in [7, 11) is 0.